The third-order valence-corrected chi connectivity index (χ3v) is 15.1. The molecule has 0 aliphatic carbocycles. The Kier molecular flexibility index (Phi) is 24.5. The molecule has 464 valence electrons. The van der Waals surface area contributed by atoms with E-state index in [0.29, 0.717) is 49.8 Å². The number of carbonyl (C=O) groups is 9. The van der Waals surface area contributed by atoms with Crippen LogP contribution in [-0.2, 0) is 59.8 Å². The van der Waals surface area contributed by atoms with Crippen LogP contribution in [0.5, 0.6) is 5.75 Å². The summed E-state index contributed by atoms with van der Waals surface area (Å²) >= 11 is 3.46. The summed E-state index contributed by atoms with van der Waals surface area (Å²) in [7, 11) is -3.47. The van der Waals surface area contributed by atoms with Gasteiger partial charge in [-0.05, 0) is 106 Å². The van der Waals surface area contributed by atoms with Crippen LogP contribution in [0.4, 0.5) is 15.3 Å². The monoisotopic (exact) mass is 1280 g/mol. The Hall–Kier alpha value is -8.96. The molecule has 9 N–H and O–H groups in total. The standard InChI is InChI=1S/C59H70BrN11O15S/c1-35(2)51(69-53(76)45(34-87(81,82)83)68-55(78)58(3,4)22-26-86-59(5,6)21-24-64-48(72)20-25-70-49(73)18-19-50(70)74)54(77)67-44(9-8-23-65-56(63)79)52(75)66-41-14-10-36(11-15-41)33-85-57(80)71-32-43(42-29-40(60)13-16-46(42)71)39(31-62)28-38-27-37(30-61)12-17-47(38)84-7/h10-19,27-29,32,35,44-45,51H,8-9,20-26,33-34H2,1-7H3,(H,64,72)(H,66,75)(H,67,77)(H,68,78)(H,69,76)(H3,63,65,79)(H,81,82,83)/b39-28+/t44-,45-,51-/m0/s1. The maximum atomic E-state index is 14.1. The fourth-order valence-electron chi connectivity index (χ4n) is 8.75. The number of nitriles is 2. The molecule has 9 amide bonds. The summed E-state index contributed by atoms with van der Waals surface area (Å²) in [6.07, 6.45) is 4.85. The molecule has 5 rings (SSSR count). The third-order valence-electron chi connectivity index (χ3n) is 13.8. The number of anilines is 1. The number of imide groups is 1. The third kappa shape index (κ3) is 20.6. The summed E-state index contributed by atoms with van der Waals surface area (Å²) in [4.78, 5) is 118. The summed E-state index contributed by atoms with van der Waals surface area (Å²) in [6, 6.07) is 14.9. The van der Waals surface area contributed by atoms with E-state index in [9.17, 15) is 66.6 Å². The number of aromatic nitrogens is 1. The van der Waals surface area contributed by atoms with Crippen LogP contribution in [0.2, 0.25) is 0 Å². The smallest absolute Gasteiger partial charge is 0.418 e. The molecule has 26 nitrogen and oxygen atoms in total. The molecule has 0 spiro atoms. The molecule has 3 atom stereocenters. The van der Waals surface area contributed by atoms with E-state index < -0.39 is 98.5 Å². The number of nitrogens with zero attached hydrogens (tertiary/aromatic N) is 4. The number of urea groups is 1. The average Bonchev–Trinajstić information content (AvgIpc) is 1.77. The van der Waals surface area contributed by atoms with Crippen molar-refractivity contribution in [1.82, 2.24) is 36.1 Å². The second-order valence-electron chi connectivity index (χ2n) is 21.8. The van der Waals surface area contributed by atoms with E-state index in [4.69, 9.17) is 19.9 Å². The first kappa shape index (κ1) is 68.8. The maximum Gasteiger partial charge on any atom is 0.418 e. The van der Waals surface area contributed by atoms with Gasteiger partial charge in [0.15, 0.2) is 0 Å². The lowest BCUT2D eigenvalue weighted by molar-refractivity contribution is -0.137. The van der Waals surface area contributed by atoms with Gasteiger partial charge in [0.05, 0.1) is 41.5 Å². The SMILES string of the molecule is COc1ccc(C#N)cc1/C=C(\C#N)c1cn(C(=O)OCc2ccc(NC(=O)[C@H](CCCNC(N)=O)NC(=O)[C@@H](NC(=O)[C@H](CS(=O)(=O)O)NC(=O)C(C)(C)CCOC(C)(C)CCNC(=O)CCN3C(=O)C=CC3=O)C(C)C)cc2)c2ccc(Br)cc12. The van der Waals surface area contributed by atoms with Gasteiger partial charge < -0.3 is 51.8 Å². The molecule has 87 heavy (non-hydrogen) atoms. The van der Waals surface area contributed by atoms with Crippen LogP contribution in [-0.4, -0.2) is 139 Å². The molecule has 0 radical (unpaired) electrons. The van der Waals surface area contributed by atoms with Crippen LogP contribution in [0.15, 0.2) is 83.5 Å². The molecule has 1 aromatic heterocycles. The number of halogens is 1. The Morgan fingerprint density at radius 1 is 0.851 bits per heavy atom. The Balaban J connectivity index is 1.21. The molecular weight excluding hydrogens is 1210 g/mol. The van der Waals surface area contributed by atoms with Crippen molar-refractivity contribution in [3.8, 4) is 17.9 Å². The van der Waals surface area contributed by atoms with Gasteiger partial charge in [0.2, 0.25) is 29.5 Å². The Morgan fingerprint density at radius 2 is 1.54 bits per heavy atom. The molecule has 0 unspecified atom stereocenters. The number of hydrogen-bond acceptors (Lipinski definition) is 16. The number of amides is 9. The quantitative estimate of drug-likeness (QED) is 0.0148. The lowest BCUT2D eigenvalue weighted by Crippen LogP contribution is -2.59. The normalized spacial score (nSPS) is 13.7. The fraction of sp³-hybridized carbons (Fsp3) is 0.407. The number of methoxy groups -OCH3 is 1. The topological polar surface area (TPSA) is 390 Å². The zero-order valence-corrected chi connectivity index (χ0v) is 51.4. The van der Waals surface area contributed by atoms with Crippen molar-refractivity contribution in [2.24, 2.45) is 17.1 Å². The fourth-order valence-corrected chi connectivity index (χ4v) is 9.76. The van der Waals surface area contributed by atoms with Crippen molar-refractivity contribution in [2.75, 3.05) is 44.4 Å². The lowest BCUT2D eigenvalue weighted by Gasteiger charge is -2.31. The molecule has 1 aliphatic rings. The van der Waals surface area contributed by atoms with Crippen molar-refractivity contribution in [3.05, 3.63) is 106 Å². The number of hydrogen-bond donors (Lipinski definition) is 8. The van der Waals surface area contributed by atoms with Gasteiger partial charge >= 0.3 is 12.1 Å². The van der Waals surface area contributed by atoms with Crippen LogP contribution in [0.1, 0.15) is 95.9 Å². The van der Waals surface area contributed by atoms with Crippen LogP contribution < -0.4 is 42.4 Å². The first-order valence-electron chi connectivity index (χ1n) is 27.4. The molecule has 2 heterocycles. The largest absolute Gasteiger partial charge is 0.496 e. The van der Waals surface area contributed by atoms with E-state index >= 15 is 0 Å². The molecule has 0 bridgehead atoms. The van der Waals surface area contributed by atoms with Crippen LogP contribution in [0.3, 0.4) is 0 Å². The summed E-state index contributed by atoms with van der Waals surface area (Å²) in [5.74, 6) is -6.50. The second-order valence-corrected chi connectivity index (χ2v) is 24.2. The number of nitrogens with two attached hydrogens (primary N) is 1. The van der Waals surface area contributed by atoms with Gasteiger partial charge in [0.25, 0.3) is 21.9 Å². The number of primary amides is 1. The molecular formula is C59H70BrN11O15S. The van der Waals surface area contributed by atoms with E-state index in [2.05, 4.69) is 60.0 Å². The zero-order chi connectivity index (χ0) is 64.4. The Bertz CT molecular complexity index is 3510. The minimum absolute atomic E-state index is 0.00521. The van der Waals surface area contributed by atoms with E-state index in [0.717, 1.165) is 17.1 Å². The number of carbonyl (C=O) groups excluding carboxylic acids is 9. The van der Waals surface area contributed by atoms with Crippen molar-refractivity contribution < 1.29 is 70.3 Å². The summed E-state index contributed by atoms with van der Waals surface area (Å²) < 4.78 is 53.4. The molecule has 0 saturated heterocycles. The number of fused-ring (bicyclic) bond motifs is 1. The van der Waals surface area contributed by atoms with Crippen LogP contribution >= 0.6 is 15.9 Å². The average molecular weight is 1290 g/mol. The summed E-state index contributed by atoms with van der Waals surface area (Å²) in [6.45, 7) is 9.54. The van der Waals surface area contributed by atoms with Crippen molar-refractivity contribution >= 4 is 108 Å². The van der Waals surface area contributed by atoms with Gasteiger partial charge in [-0.1, -0.05) is 55.8 Å². The van der Waals surface area contributed by atoms with Crippen LogP contribution in [0.25, 0.3) is 22.6 Å². The van der Waals surface area contributed by atoms with E-state index in [1.807, 2.05) is 0 Å². The van der Waals surface area contributed by atoms with E-state index in [1.54, 1.807) is 82.3 Å². The highest BCUT2D eigenvalue weighted by atomic mass is 79.9. The summed E-state index contributed by atoms with van der Waals surface area (Å²) in [5, 5.41) is 35.7. The molecule has 3 aromatic carbocycles. The number of ether oxygens (including phenoxy) is 3. The van der Waals surface area contributed by atoms with Crippen molar-refractivity contribution in [1.29, 1.82) is 10.5 Å². The molecule has 4 aromatic rings. The number of allylic oxidation sites excluding steroid dienone is 1. The molecule has 28 heteroatoms. The van der Waals surface area contributed by atoms with Gasteiger partial charge in [-0.2, -0.15) is 18.9 Å². The predicted molar refractivity (Wildman–Crippen MR) is 322 cm³/mol. The second kappa shape index (κ2) is 30.9. The van der Waals surface area contributed by atoms with Gasteiger partial charge in [0, 0.05) is 83.1 Å². The van der Waals surface area contributed by atoms with Crippen molar-refractivity contribution in [3.63, 3.8) is 0 Å². The zero-order valence-electron chi connectivity index (χ0n) is 49.0. The maximum absolute atomic E-state index is 14.1. The first-order valence-corrected chi connectivity index (χ1v) is 29.8. The first-order chi connectivity index (χ1) is 40.9. The van der Waals surface area contributed by atoms with E-state index in [-0.39, 0.29) is 75.7 Å². The number of nitrogens with one attached hydrogen (secondary N) is 6. The lowest BCUT2D eigenvalue weighted by atomic mass is 9.88. The Morgan fingerprint density at radius 3 is 2.16 bits per heavy atom. The predicted octanol–water partition coefficient (Wildman–Crippen LogP) is 4.95. The highest BCUT2D eigenvalue weighted by molar-refractivity contribution is 9.10. The van der Waals surface area contributed by atoms with Gasteiger partial charge in [-0.15, -0.1) is 0 Å². The minimum Gasteiger partial charge on any atom is -0.496 e. The van der Waals surface area contributed by atoms with Gasteiger partial charge in [-0.3, -0.25) is 47.6 Å². The number of benzene rings is 3. The molecule has 1 aliphatic heterocycles. The van der Waals surface area contributed by atoms with Gasteiger partial charge in [-0.25, -0.2) is 9.59 Å². The minimum atomic E-state index is -4.93. The van der Waals surface area contributed by atoms with Crippen molar-refractivity contribution in [2.45, 2.75) is 104 Å². The van der Waals surface area contributed by atoms with E-state index in [1.165, 1.54) is 43.9 Å². The Labute approximate surface area is 511 Å². The summed E-state index contributed by atoms with van der Waals surface area (Å²) in [5.41, 5.74) is 5.68. The highest BCUT2D eigenvalue weighted by Gasteiger charge is 2.37. The highest BCUT2D eigenvalue weighted by Crippen LogP contribution is 2.33. The van der Waals surface area contributed by atoms with Gasteiger partial charge in [0.1, 0.15) is 36.2 Å². The molecule has 0 fully saturated rings. The molecule has 0 saturated carbocycles. The van der Waals surface area contributed by atoms with Crippen LogP contribution in [0, 0.1) is 34.0 Å². The number of rotatable bonds is 30.